The van der Waals surface area contributed by atoms with Crippen molar-refractivity contribution in [2.24, 2.45) is 0 Å². The van der Waals surface area contributed by atoms with Gasteiger partial charge in [-0.3, -0.25) is 14.7 Å². The van der Waals surface area contributed by atoms with Crippen LogP contribution >= 0.6 is 0 Å². The molecule has 0 radical (unpaired) electrons. The van der Waals surface area contributed by atoms with Gasteiger partial charge in [-0.25, -0.2) is 18.0 Å². The molecule has 0 spiro atoms. The van der Waals surface area contributed by atoms with E-state index in [0.717, 1.165) is 6.08 Å². The molecule has 0 bridgehead atoms. The van der Waals surface area contributed by atoms with Gasteiger partial charge in [-0.15, -0.1) is 0 Å². The summed E-state index contributed by atoms with van der Waals surface area (Å²) in [4.78, 5) is 38.9. The van der Waals surface area contributed by atoms with Crippen LogP contribution in [0.1, 0.15) is 5.69 Å². The number of carboxylic acid groups (broad SMARTS) is 2. The van der Waals surface area contributed by atoms with Crippen molar-refractivity contribution in [3.05, 3.63) is 70.6 Å². The van der Waals surface area contributed by atoms with Gasteiger partial charge in [0.05, 0.1) is 16.2 Å². The predicted octanol–water partition coefficient (Wildman–Crippen LogP) is 0.555. The Balaban J connectivity index is 2.18. The summed E-state index contributed by atoms with van der Waals surface area (Å²) in [6.07, 6.45) is 4.11. The Kier molecular flexibility index (Phi) is 4.28. The Morgan fingerprint density at radius 2 is 1.96 bits per heavy atom. The van der Waals surface area contributed by atoms with Crippen LogP contribution < -0.4 is 0 Å². The quantitative estimate of drug-likeness (QED) is 0.563. The molecule has 10 heteroatoms. The highest BCUT2D eigenvalue weighted by atomic mass is 32.2. The van der Waals surface area contributed by atoms with Crippen LogP contribution in [0.15, 0.2) is 64.9 Å². The second kappa shape index (κ2) is 6.32. The van der Waals surface area contributed by atoms with Crippen molar-refractivity contribution >= 4 is 33.8 Å². The standard InChI is InChI=1S/C17H12N2O7S/c1-9-11(5-6-13(20)21)14(17(23)24)19-15(22)12(16(19)27(9,25)26)8-10-4-2-3-7-18-10/h2-8,16H,1H2,(H,20,21)(H,23,24)/b6-5+,12-8-/t16-/m0/s1. The lowest BCUT2D eigenvalue weighted by Gasteiger charge is -2.45. The number of aromatic nitrogens is 1. The van der Waals surface area contributed by atoms with Gasteiger partial charge >= 0.3 is 11.9 Å². The van der Waals surface area contributed by atoms with Crippen molar-refractivity contribution in [3.8, 4) is 0 Å². The van der Waals surface area contributed by atoms with E-state index in [0.29, 0.717) is 16.7 Å². The second-order valence-corrected chi connectivity index (χ2v) is 7.62. The molecule has 1 aromatic heterocycles. The molecular weight excluding hydrogens is 376 g/mol. The molecule has 1 aromatic rings. The highest BCUT2D eigenvalue weighted by molar-refractivity contribution is 7.96. The zero-order chi connectivity index (χ0) is 19.9. The van der Waals surface area contributed by atoms with E-state index in [1.807, 2.05) is 0 Å². The van der Waals surface area contributed by atoms with E-state index < -0.39 is 49.2 Å². The number of β-lactam (4-membered cyclic amide) rings is 1. The lowest BCUT2D eigenvalue weighted by Crippen LogP contribution is -2.61. The molecule has 0 aromatic carbocycles. The van der Waals surface area contributed by atoms with Crippen molar-refractivity contribution in [3.63, 3.8) is 0 Å². The third-order valence-corrected chi connectivity index (χ3v) is 5.95. The summed E-state index contributed by atoms with van der Waals surface area (Å²) in [5.41, 5.74) is -0.902. The molecule has 1 fully saturated rings. The first kappa shape index (κ1) is 18.3. The largest absolute Gasteiger partial charge is 0.478 e. The van der Waals surface area contributed by atoms with Gasteiger partial charge in [0.15, 0.2) is 5.37 Å². The van der Waals surface area contributed by atoms with Crippen molar-refractivity contribution in [2.75, 3.05) is 0 Å². The summed E-state index contributed by atoms with van der Waals surface area (Å²) >= 11 is 0. The Labute approximate surface area is 153 Å². The number of aliphatic carboxylic acids is 2. The van der Waals surface area contributed by atoms with E-state index in [-0.39, 0.29) is 5.57 Å². The average molecular weight is 388 g/mol. The zero-order valence-electron chi connectivity index (χ0n) is 13.6. The molecule has 1 amide bonds. The molecule has 0 unspecified atom stereocenters. The lowest BCUT2D eigenvalue weighted by molar-refractivity contribution is -0.141. The molecule has 1 atom stereocenters. The summed E-state index contributed by atoms with van der Waals surface area (Å²) in [7, 11) is -4.22. The number of carbonyl (C=O) groups is 3. The smallest absolute Gasteiger partial charge is 0.353 e. The van der Waals surface area contributed by atoms with E-state index in [1.165, 1.54) is 12.3 Å². The molecular formula is C17H12N2O7S. The minimum absolute atomic E-state index is 0.144. The number of carboxylic acids is 2. The van der Waals surface area contributed by atoms with Gasteiger partial charge in [-0.1, -0.05) is 12.6 Å². The molecule has 138 valence electrons. The van der Waals surface area contributed by atoms with Crippen molar-refractivity contribution in [1.29, 1.82) is 0 Å². The summed E-state index contributed by atoms with van der Waals surface area (Å²) < 4.78 is 25.6. The maximum Gasteiger partial charge on any atom is 0.353 e. The average Bonchev–Trinajstić information content (AvgIpc) is 2.61. The molecule has 0 saturated carbocycles. The van der Waals surface area contributed by atoms with Gasteiger partial charge in [-0.05, 0) is 24.3 Å². The fourth-order valence-corrected chi connectivity index (χ4v) is 4.52. The number of pyridine rings is 1. The maximum atomic E-state index is 12.8. The Hall–Kier alpha value is -3.53. The summed E-state index contributed by atoms with van der Waals surface area (Å²) in [6.45, 7) is 3.41. The van der Waals surface area contributed by atoms with Crippen molar-refractivity contribution < 1.29 is 33.0 Å². The first-order valence-electron chi connectivity index (χ1n) is 7.44. The van der Waals surface area contributed by atoms with Crippen LogP contribution in [0.25, 0.3) is 6.08 Å². The van der Waals surface area contributed by atoms with Crippen LogP contribution in [0.2, 0.25) is 0 Å². The molecule has 3 rings (SSSR count). The molecule has 1 saturated heterocycles. The monoisotopic (exact) mass is 388 g/mol. The van der Waals surface area contributed by atoms with Crippen LogP contribution in [-0.2, 0) is 24.2 Å². The molecule has 2 aliphatic rings. The van der Waals surface area contributed by atoms with Gasteiger partial charge in [0.1, 0.15) is 5.70 Å². The lowest BCUT2D eigenvalue weighted by atomic mass is 10.00. The number of nitrogens with zero attached hydrogens (tertiary/aromatic N) is 2. The van der Waals surface area contributed by atoms with Crippen LogP contribution in [0, 0.1) is 0 Å². The summed E-state index contributed by atoms with van der Waals surface area (Å²) in [5.74, 6) is -3.81. The maximum absolute atomic E-state index is 12.8. The van der Waals surface area contributed by atoms with Crippen molar-refractivity contribution in [1.82, 2.24) is 9.88 Å². The number of fused-ring (bicyclic) bond motifs is 1. The second-order valence-electron chi connectivity index (χ2n) is 5.59. The van der Waals surface area contributed by atoms with E-state index in [1.54, 1.807) is 18.2 Å². The third-order valence-electron chi connectivity index (χ3n) is 3.99. The topological polar surface area (TPSA) is 142 Å². The van der Waals surface area contributed by atoms with Crippen LogP contribution in [0.5, 0.6) is 0 Å². The number of amides is 1. The van der Waals surface area contributed by atoms with Crippen LogP contribution in [-0.4, -0.2) is 51.7 Å². The van der Waals surface area contributed by atoms with E-state index in [4.69, 9.17) is 5.11 Å². The number of sulfone groups is 1. The van der Waals surface area contributed by atoms with Crippen LogP contribution in [0.4, 0.5) is 0 Å². The molecule has 3 heterocycles. The van der Waals surface area contributed by atoms with Gasteiger partial charge < -0.3 is 10.2 Å². The van der Waals surface area contributed by atoms with Crippen molar-refractivity contribution in [2.45, 2.75) is 5.37 Å². The molecule has 27 heavy (non-hydrogen) atoms. The fourth-order valence-electron chi connectivity index (χ4n) is 2.80. The molecule has 2 N–H and O–H groups in total. The normalized spacial score (nSPS) is 22.7. The molecule has 0 aliphatic carbocycles. The minimum atomic E-state index is -4.22. The number of carbonyl (C=O) groups excluding carboxylic acids is 1. The van der Waals surface area contributed by atoms with Crippen LogP contribution in [0.3, 0.4) is 0 Å². The SMILES string of the molecule is C=C1C(/C=C/C(=O)O)=C(C(=O)O)N2C(=O)/C(=C/c3ccccn3)[C@@H]2S1(=O)=O. The Morgan fingerprint density at radius 1 is 1.26 bits per heavy atom. The van der Waals surface area contributed by atoms with Gasteiger partial charge in [0.25, 0.3) is 5.91 Å². The molecule has 2 aliphatic heterocycles. The first-order valence-corrected chi connectivity index (χ1v) is 8.99. The summed E-state index contributed by atoms with van der Waals surface area (Å²) in [6, 6.07) is 4.84. The van der Waals surface area contributed by atoms with E-state index in [9.17, 15) is 27.9 Å². The summed E-state index contributed by atoms with van der Waals surface area (Å²) in [5, 5.41) is 16.7. The van der Waals surface area contributed by atoms with E-state index >= 15 is 0 Å². The fraction of sp³-hybridized carbons (Fsp3) is 0.0588. The zero-order valence-corrected chi connectivity index (χ0v) is 14.4. The number of allylic oxidation sites excluding steroid dienone is 2. The van der Waals surface area contributed by atoms with Gasteiger partial charge in [-0.2, -0.15) is 0 Å². The van der Waals surface area contributed by atoms with Gasteiger partial charge in [0.2, 0.25) is 9.84 Å². The minimum Gasteiger partial charge on any atom is -0.478 e. The molecule has 9 nitrogen and oxygen atoms in total. The van der Waals surface area contributed by atoms with E-state index in [2.05, 4.69) is 11.6 Å². The highest BCUT2D eigenvalue weighted by Crippen LogP contribution is 2.45. The number of hydrogen-bond donors (Lipinski definition) is 2. The number of hydrogen-bond acceptors (Lipinski definition) is 6. The highest BCUT2D eigenvalue weighted by Gasteiger charge is 2.57. The Morgan fingerprint density at radius 3 is 2.52 bits per heavy atom. The number of rotatable bonds is 4. The first-order chi connectivity index (χ1) is 12.7. The third kappa shape index (κ3) is 2.85. The van der Waals surface area contributed by atoms with Gasteiger partial charge in [0, 0.05) is 17.8 Å². The Bertz CT molecular complexity index is 1080. The predicted molar refractivity (Wildman–Crippen MR) is 92.3 cm³/mol.